The molecule has 2 aliphatic heterocycles. The summed E-state index contributed by atoms with van der Waals surface area (Å²) in [5.41, 5.74) is 4.71. The number of hydrogen-bond acceptors (Lipinski definition) is 3. The average Bonchev–Trinajstić information content (AvgIpc) is 3.57. The van der Waals surface area contributed by atoms with Gasteiger partial charge in [0.1, 0.15) is 11.5 Å². The largest absolute Gasteiger partial charge is 0.455 e. The summed E-state index contributed by atoms with van der Waals surface area (Å²) < 4.78 is 17.2. The maximum atomic E-state index is 6.34. The summed E-state index contributed by atoms with van der Waals surface area (Å²) in [6.07, 6.45) is 7.74. The van der Waals surface area contributed by atoms with Gasteiger partial charge in [0.2, 0.25) is 0 Å². The first-order valence-corrected chi connectivity index (χ1v) is 9.46. The third kappa shape index (κ3) is 4.49. The monoisotopic (exact) mass is 360 g/mol. The van der Waals surface area contributed by atoms with E-state index in [1.165, 1.54) is 11.1 Å². The van der Waals surface area contributed by atoms with Gasteiger partial charge in [0, 0.05) is 36.1 Å². The number of ether oxygens (including phenoxy) is 3. The number of hydrogen-bond donors (Lipinski definition) is 0. The number of allylic oxidation sites excluding steroid dienone is 2. The van der Waals surface area contributed by atoms with E-state index in [1.807, 2.05) is 24.3 Å². The second kappa shape index (κ2) is 8.12. The van der Waals surface area contributed by atoms with Crippen LogP contribution in [0.2, 0.25) is 0 Å². The van der Waals surface area contributed by atoms with Crippen molar-refractivity contribution >= 4 is 0 Å². The second-order valence-corrected chi connectivity index (χ2v) is 7.03. The van der Waals surface area contributed by atoms with Crippen LogP contribution in [0, 0.1) is 12.1 Å². The Morgan fingerprint density at radius 2 is 1.33 bits per heavy atom. The summed E-state index contributed by atoms with van der Waals surface area (Å²) in [6.45, 7) is 9.49. The van der Waals surface area contributed by atoms with Gasteiger partial charge < -0.3 is 14.2 Å². The molecule has 2 unspecified atom stereocenters. The standard InChI is InChI=1S/C24H24O3/c1-3-7-21-17(13-19-15-25-19)9-5-11-23(21)27-24-12-6-10-18(14-20-16-26-20)22(24)8-4-2/h3-6,9-10,19-20H,1-2,7-8,13-16H2. The van der Waals surface area contributed by atoms with Crippen LogP contribution in [0.3, 0.4) is 0 Å². The number of benzene rings is 2. The fourth-order valence-corrected chi connectivity index (χ4v) is 3.37. The lowest BCUT2D eigenvalue weighted by Gasteiger charge is -2.17. The van der Waals surface area contributed by atoms with Gasteiger partial charge in [-0.2, -0.15) is 0 Å². The van der Waals surface area contributed by atoms with Gasteiger partial charge in [-0.25, -0.2) is 0 Å². The minimum atomic E-state index is 0.327. The zero-order valence-electron chi connectivity index (χ0n) is 15.5. The van der Waals surface area contributed by atoms with E-state index in [4.69, 9.17) is 14.2 Å². The molecule has 2 heterocycles. The first-order valence-electron chi connectivity index (χ1n) is 9.46. The van der Waals surface area contributed by atoms with Crippen LogP contribution in [0.4, 0.5) is 0 Å². The molecule has 2 fully saturated rings. The Morgan fingerprint density at radius 3 is 1.70 bits per heavy atom. The molecule has 3 nitrogen and oxygen atoms in total. The van der Waals surface area contributed by atoms with Crippen molar-refractivity contribution in [3.63, 3.8) is 0 Å². The minimum Gasteiger partial charge on any atom is -0.455 e. The predicted molar refractivity (Wildman–Crippen MR) is 105 cm³/mol. The Kier molecular flexibility index (Phi) is 5.42. The van der Waals surface area contributed by atoms with Crippen molar-refractivity contribution in [1.82, 2.24) is 0 Å². The molecule has 2 saturated heterocycles. The molecule has 2 aliphatic rings. The molecule has 2 aromatic carbocycles. The van der Waals surface area contributed by atoms with Crippen molar-refractivity contribution in [3.05, 3.63) is 84.0 Å². The van der Waals surface area contributed by atoms with Gasteiger partial charge >= 0.3 is 0 Å². The molecule has 0 bridgehead atoms. The van der Waals surface area contributed by atoms with Crippen molar-refractivity contribution in [3.8, 4) is 11.5 Å². The first-order chi connectivity index (χ1) is 13.3. The molecule has 4 rings (SSSR count). The van der Waals surface area contributed by atoms with Gasteiger partial charge in [-0.15, -0.1) is 13.2 Å². The molecule has 2 atom stereocenters. The summed E-state index contributed by atoms with van der Waals surface area (Å²) in [4.78, 5) is 0. The van der Waals surface area contributed by atoms with Gasteiger partial charge in [-0.05, 0) is 24.0 Å². The molecule has 2 radical (unpaired) electrons. The van der Waals surface area contributed by atoms with Crippen LogP contribution in [0.15, 0.2) is 49.6 Å². The Balaban J connectivity index is 1.66. The van der Waals surface area contributed by atoms with Crippen molar-refractivity contribution in [2.45, 2.75) is 37.9 Å². The average molecular weight is 360 g/mol. The van der Waals surface area contributed by atoms with Crippen molar-refractivity contribution in [2.24, 2.45) is 0 Å². The normalized spacial score (nSPS) is 20.1. The van der Waals surface area contributed by atoms with E-state index in [0.29, 0.717) is 12.2 Å². The Hall–Kier alpha value is -2.36. The lowest BCUT2D eigenvalue weighted by molar-refractivity contribution is 0.406. The van der Waals surface area contributed by atoms with Crippen LogP contribution >= 0.6 is 0 Å². The van der Waals surface area contributed by atoms with Crippen LogP contribution in [0.1, 0.15) is 22.3 Å². The smallest absolute Gasteiger partial charge is 0.139 e. The molecule has 0 aliphatic carbocycles. The molecule has 138 valence electrons. The zero-order chi connectivity index (χ0) is 18.6. The highest BCUT2D eigenvalue weighted by Gasteiger charge is 2.26. The maximum absolute atomic E-state index is 6.34. The van der Waals surface area contributed by atoms with Gasteiger partial charge in [0.15, 0.2) is 0 Å². The highest BCUT2D eigenvalue weighted by Crippen LogP contribution is 2.34. The number of epoxide rings is 2. The van der Waals surface area contributed by atoms with Gasteiger partial charge in [-0.3, -0.25) is 0 Å². The molecule has 3 heteroatoms. The first kappa shape index (κ1) is 18.0. The molecular formula is C24H24O3. The minimum absolute atomic E-state index is 0.327. The fourth-order valence-electron chi connectivity index (χ4n) is 3.37. The molecular weight excluding hydrogens is 336 g/mol. The van der Waals surface area contributed by atoms with Crippen LogP contribution < -0.4 is 4.74 Å². The van der Waals surface area contributed by atoms with Crippen LogP contribution in [0.5, 0.6) is 11.5 Å². The topological polar surface area (TPSA) is 34.3 Å². The van der Waals surface area contributed by atoms with Gasteiger partial charge in [0.25, 0.3) is 0 Å². The van der Waals surface area contributed by atoms with Gasteiger partial charge in [-0.1, -0.05) is 36.4 Å². The van der Waals surface area contributed by atoms with E-state index < -0.39 is 0 Å². The SMILES string of the molecule is C=CCc1c(Oc2[c]ccc(CC3CO3)c2CC=C)[c]ccc1CC1CO1. The number of rotatable bonds is 10. The predicted octanol–water partition coefficient (Wildman–Crippen LogP) is 4.42. The summed E-state index contributed by atoms with van der Waals surface area (Å²) in [5.74, 6) is 1.49. The third-order valence-corrected chi connectivity index (χ3v) is 4.92. The van der Waals surface area contributed by atoms with E-state index in [9.17, 15) is 0 Å². The summed E-state index contributed by atoms with van der Waals surface area (Å²) in [5, 5.41) is 0. The lowest BCUT2D eigenvalue weighted by atomic mass is 9.98. The molecule has 0 N–H and O–H groups in total. The summed E-state index contributed by atoms with van der Waals surface area (Å²) in [6, 6.07) is 14.6. The van der Waals surface area contributed by atoms with Crippen molar-refractivity contribution in [2.75, 3.05) is 13.2 Å². The van der Waals surface area contributed by atoms with Crippen molar-refractivity contribution < 1.29 is 14.2 Å². The molecule has 0 saturated carbocycles. The van der Waals surface area contributed by atoms with Crippen molar-refractivity contribution in [1.29, 1.82) is 0 Å². The quantitative estimate of drug-likeness (QED) is 0.465. The molecule has 0 amide bonds. The maximum Gasteiger partial charge on any atom is 0.139 e. The highest BCUT2D eigenvalue weighted by molar-refractivity contribution is 5.47. The van der Waals surface area contributed by atoms with E-state index in [0.717, 1.165) is 61.5 Å². The van der Waals surface area contributed by atoms with E-state index in [2.05, 4.69) is 37.4 Å². The summed E-state index contributed by atoms with van der Waals surface area (Å²) >= 11 is 0. The van der Waals surface area contributed by atoms with E-state index in [-0.39, 0.29) is 0 Å². The van der Waals surface area contributed by atoms with Gasteiger partial charge in [0.05, 0.1) is 25.4 Å². The molecule has 27 heavy (non-hydrogen) atoms. The van der Waals surface area contributed by atoms with Crippen LogP contribution in [-0.2, 0) is 35.2 Å². The summed E-state index contributed by atoms with van der Waals surface area (Å²) in [7, 11) is 0. The second-order valence-electron chi connectivity index (χ2n) is 7.03. The zero-order valence-corrected chi connectivity index (χ0v) is 15.5. The van der Waals surface area contributed by atoms with E-state index in [1.54, 1.807) is 0 Å². The highest BCUT2D eigenvalue weighted by atomic mass is 16.6. The van der Waals surface area contributed by atoms with E-state index >= 15 is 0 Å². The van der Waals surface area contributed by atoms with Crippen LogP contribution in [-0.4, -0.2) is 25.4 Å². The lowest BCUT2D eigenvalue weighted by Crippen LogP contribution is -2.04. The molecule has 0 aromatic heterocycles. The third-order valence-electron chi connectivity index (χ3n) is 4.92. The Labute approximate surface area is 161 Å². The Morgan fingerprint density at radius 1 is 0.889 bits per heavy atom. The molecule has 2 aromatic rings. The van der Waals surface area contributed by atoms with Crippen LogP contribution in [0.25, 0.3) is 0 Å². The Bertz CT molecular complexity index is 762. The fraction of sp³-hybridized carbons (Fsp3) is 0.333. The molecule has 0 spiro atoms.